The van der Waals surface area contributed by atoms with Gasteiger partial charge >= 0.3 is 0 Å². The Bertz CT molecular complexity index is 433. The van der Waals surface area contributed by atoms with Gasteiger partial charge in [-0.25, -0.2) is 0 Å². The molecule has 0 unspecified atom stereocenters. The van der Waals surface area contributed by atoms with Crippen LogP contribution in [-0.2, 0) is 4.74 Å². The Balaban J connectivity index is 2.30. The molecule has 0 N–H and O–H groups in total. The zero-order valence-electron chi connectivity index (χ0n) is 8.99. The van der Waals surface area contributed by atoms with Gasteiger partial charge in [0, 0.05) is 12.0 Å². The summed E-state index contributed by atoms with van der Waals surface area (Å²) in [6, 6.07) is 3.95. The summed E-state index contributed by atoms with van der Waals surface area (Å²) >= 11 is 0. The van der Waals surface area contributed by atoms with Crippen LogP contribution in [-0.4, -0.2) is 7.11 Å². The van der Waals surface area contributed by atoms with Crippen molar-refractivity contribution in [1.82, 2.24) is 0 Å². The van der Waals surface area contributed by atoms with Gasteiger partial charge in [0.05, 0.1) is 12.9 Å². The van der Waals surface area contributed by atoms with E-state index in [1.807, 2.05) is 31.2 Å². The molecule has 1 aromatic heterocycles. The second-order valence-corrected chi connectivity index (χ2v) is 3.48. The SMILES string of the molecule is COC1=CC=C(c2ccc(C)o2)C=CC1. The van der Waals surface area contributed by atoms with E-state index in [2.05, 4.69) is 12.2 Å². The van der Waals surface area contributed by atoms with Crippen molar-refractivity contribution in [2.75, 3.05) is 7.11 Å². The average molecular weight is 202 g/mol. The van der Waals surface area contributed by atoms with Crippen molar-refractivity contribution in [2.24, 2.45) is 0 Å². The van der Waals surface area contributed by atoms with E-state index in [4.69, 9.17) is 9.15 Å². The summed E-state index contributed by atoms with van der Waals surface area (Å²) in [5.74, 6) is 2.79. The van der Waals surface area contributed by atoms with Crippen LogP contribution in [0.5, 0.6) is 0 Å². The first-order valence-corrected chi connectivity index (χ1v) is 4.98. The summed E-state index contributed by atoms with van der Waals surface area (Å²) < 4.78 is 10.8. The van der Waals surface area contributed by atoms with Crippen molar-refractivity contribution in [2.45, 2.75) is 13.3 Å². The molecule has 15 heavy (non-hydrogen) atoms. The molecular formula is C13H14O2. The minimum atomic E-state index is 0.830. The Morgan fingerprint density at radius 1 is 1.27 bits per heavy atom. The first kappa shape index (κ1) is 9.84. The van der Waals surface area contributed by atoms with Crippen LogP contribution in [0.3, 0.4) is 0 Å². The minimum Gasteiger partial charge on any atom is -0.501 e. The second-order valence-electron chi connectivity index (χ2n) is 3.48. The van der Waals surface area contributed by atoms with E-state index >= 15 is 0 Å². The van der Waals surface area contributed by atoms with Crippen LogP contribution in [0.4, 0.5) is 0 Å². The van der Waals surface area contributed by atoms with Crippen molar-refractivity contribution < 1.29 is 9.15 Å². The zero-order chi connectivity index (χ0) is 10.7. The van der Waals surface area contributed by atoms with Crippen LogP contribution in [0.2, 0.25) is 0 Å². The van der Waals surface area contributed by atoms with Crippen molar-refractivity contribution in [3.63, 3.8) is 0 Å². The van der Waals surface area contributed by atoms with Crippen molar-refractivity contribution in [3.05, 3.63) is 53.7 Å². The highest BCUT2D eigenvalue weighted by Crippen LogP contribution is 2.22. The predicted molar refractivity (Wildman–Crippen MR) is 60.3 cm³/mol. The predicted octanol–water partition coefficient (Wildman–Crippen LogP) is 3.46. The monoisotopic (exact) mass is 202 g/mol. The first-order chi connectivity index (χ1) is 7.29. The minimum absolute atomic E-state index is 0.830. The molecule has 1 aromatic rings. The third-order valence-corrected chi connectivity index (χ3v) is 2.35. The van der Waals surface area contributed by atoms with Crippen molar-refractivity contribution >= 4 is 5.57 Å². The number of rotatable bonds is 2. The molecule has 1 aliphatic rings. The maximum absolute atomic E-state index is 5.56. The third kappa shape index (κ3) is 2.21. The maximum Gasteiger partial charge on any atom is 0.134 e. The molecular weight excluding hydrogens is 188 g/mol. The van der Waals surface area contributed by atoms with E-state index in [1.165, 1.54) is 0 Å². The van der Waals surface area contributed by atoms with Crippen LogP contribution in [0.25, 0.3) is 5.57 Å². The van der Waals surface area contributed by atoms with Crippen molar-refractivity contribution in [1.29, 1.82) is 0 Å². The zero-order valence-corrected chi connectivity index (χ0v) is 8.99. The molecule has 0 spiro atoms. The fourth-order valence-corrected chi connectivity index (χ4v) is 1.51. The van der Waals surface area contributed by atoms with Gasteiger partial charge in [-0.3, -0.25) is 0 Å². The number of aryl methyl sites for hydroxylation is 1. The molecule has 0 aromatic carbocycles. The fraction of sp³-hybridized carbons (Fsp3) is 0.231. The maximum atomic E-state index is 5.56. The van der Waals surface area contributed by atoms with E-state index < -0.39 is 0 Å². The highest BCUT2D eigenvalue weighted by atomic mass is 16.5. The summed E-state index contributed by atoms with van der Waals surface area (Å²) in [5, 5.41) is 0. The number of allylic oxidation sites excluding steroid dienone is 5. The average Bonchev–Trinajstić information content (AvgIpc) is 2.54. The lowest BCUT2D eigenvalue weighted by Crippen LogP contribution is -1.81. The number of hydrogen-bond donors (Lipinski definition) is 0. The van der Waals surface area contributed by atoms with Crippen LogP contribution in [0.1, 0.15) is 17.9 Å². The van der Waals surface area contributed by atoms with Gasteiger partial charge in [-0.1, -0.05) is 12.2 Å². The molecule has 1 aliphatic carbocycles. The van der Waals surface area contributed by atoms with E-state index in [9.17, 15) is 0 Å². The highest BCUT2D eigenvalue weighted by molar-refractivity contribution is 5.72. The number of hydrogen-bond acceptors (Lipinski definition) is 2. The highest BCUT2D eigenvalue weighted by Gasteiger charge is 2.04. The first-order valence-electron chi connectivity index (χ1n) is 4.98. The topological polar surface area (TPSA) is 22.4 Å². The Morgan fingerprint density at radius 3 is 2.80 bits per heavy atom. The smallest absolute Gasteiger partial charge is 0.134 e. The molecule has 2 nitrogen and oxygen atoms in total. The van der Waals surface area contributed by atoms with Crippen LogP contribution >= 0.6 is 0 Å². The van der Waals surface area contributed by atoms with Gasteiger partial charge in [-0.05, 0) is 31.2 Å². The van der Waals surface area contributed by atoms with Gasteiger partial charge in [0.1, 0.15) is 11.5 Å². The largest absolute Gasteiger partial charge is 0.501 e. The summed E-state index contributed by atoms with van der Waals surface area (Å²) in [5.41, 5.74) is 1.08. The molecule has 0 radical (unpaired) electrons. The quantitative estimate of drug-likeness (QED) is 0.732. The van der Waals surface area contributed by atoms with E-state index in [-0.39, 0.29) is 0 Å². The molecule has 2 heteroatoms. The fourth-order valence-electron chi connectivity index (χ4n) is 1.51. The molecule has 0 fully saturated rings. The van der Waals surface area contributed by atoms with E-state index in [0.717, 1.165) is 29.3 Å². The van der Waals surface area contributed by atoms with Crippen LogP contribution in [0.15, 0.2) is 46.6 Å². The molecule has 0 aliphatic heterocycles. The van der Waals surface area contributed by atoms with Crippen LogP contribution in [0, 0.1) is 6.92 Å². The van der Waals surface area contributed by atoms with Gasteiger partial charge in [0.2, 0.25) is 0 Å². The second kappa shape index (κ2) is 4.22. The molecule has 0 amide bonds. The Labute approximate surface area is 89.5 Å². The van der Waals surface area contributed by atoms with Crippen molar-refractivity contribution in [3.8, 4) is 0 Å². The lowest BCUT2D eigenvalue weighted by molar-refractivity contribution is 0.285. The van der Waals surface area contributed by atoms with Gasteiger partial charge < -0.3 is 9.15 Å². The molecule has 2 rings (SSSR count). The standard InChI is InChI=1S/C13H14O2/c1-10-6-9-13(15-10)11-4-3-5-12(14-2)8-7-11/h3-4,6-9H,5H2,1-2H3. The third-order valence-electron chi connectivity index (χ3n) is 2.35. The number of methoxy groups -OCH3 is 1. The summed E-state index contributed by atoms with van der Waals surface area (Å²) in [6.07, 6.45) is 8.96. The number of furan rings is 1. The van der Waals surface area contributed by atoms with Crippen LogP contribution < -0.4 is 0 Å². The normalized spacial score (nSPS) is 15.6. The molecule has 78 valence electrons. The van der Waals surface area contributed by atoms with Gasteiger partial charge in [0.25, 0.3) is 0 Å². The molecule has 0 saturated heterocycles. The summed E-state index contributed by atoms with van der Waals surface area (Å²) in [6.45, 7) is 1.95. The Kier molecular flexibility index (Phi) is 2.77. The number of ether oxygens (including phenoxy) is 1. The van der Waals surface area contributed by atoms with Gasteiger partial charge in [-0.2, -0.15) is 0 Å². The Morgan fingerprint density at radius 2 is 2.13 bits per heavy atom. The molecule has 1 heterocycles. The van der Waals surface area contributed by atoms with Gasteiger partial charge in [0.15, 0.2) is 0 Å². The molecule has 0 atom stereocenters. The van der Waals surface area contributed by atoms with E-state index in [1.54, 1.807) is 7.11 Å². The molecule has 0 saturated carbocycles. The summed E-state index contributed by atoms with van der Waals surface area (Å²) in [7, 11) is 1.69. The summed E-state index contributed by atoms with van der Waals surface area (Å²) in [4.78, 5) is 0. The van der Waals surface area contributed by atoms with E-state index in [0.29, 0.717) is 0 Å². The Hall–Kier alpha value is -1.70. The van der Waals surface area contributed by atoms with Gasteiger partial charge in [-0.15, -0.1) is 0 Å². The molecule has 0 bridgehead atoms. The lowest BCUT2D eigenvalue weighted by Gasteiger charge is -1.98. The lowest BCUT2D eigenvalue weighted by atomic mass is 10.2.